The number of hydrogen-bond acceptors (Lipinski definition) is 3. The van der Waals surface area contributed by atoms with Gasteiger partial charge in [0.25, 0.3) is 0 Å². The molecule has 0 bridgehead atoms. The van der Waals surface area contributed by atoms with Crippen LogP contribution in [-0.2, 0) is 31.4 Å². The SMILES string of the molecule is C=C(C)C(=O)OCCC.[O]=[Zn]. The molecule has 0 unspecified atom stereocenters. The zero-order valence-corrected chi connectivity index (χ0v) is 10.0. The summed E-state index contributed by atoms with van der Waals surface area (Å²) in [5.74, 6) is -0.295. The monoisotopic (exact) mass is 208 g/mol. The van der Waals surface area contributed by atoms with Crippen LogP contribution in [0.15, 0.2) is 12.2 Å². The van der Waals surface area contributed by atoms with Crippen molar-refractivity contribution in [3.63, 3.8) is 0 Å². The van der Waals surface area contributed by atoms with E-state index in [4.69, 9.17) is 8.31 Å². The molecule has 0 aromatic heterocycles. The molecule has 0 saturated carbocycles. The van der Waals surface area contributed by atoms with Crippen LogP contribution < -0.4 is 0 Å². The molecule has 0 rings (SSSR count). The predicted molar refractivity (Wildman–Crippen MR) is 36.8 cm³/mol. The Balaban J connectivity index is 0. The van der Waals surface area contributed by atoms with Gasteiger partial charge in [-0.3, -0.25) is 0 Å². The molecule has 0 radical (unpaired) electrons. The van der Waals surface area contributed by atoms with Gasteiger partial charge >= 0.3 is 27.8 Å². The summed E-state index contributed by atoms with van der Waals surface area (Å²) in [6.45, 7) is 7.51. The average molecular weight is 210 g/mol. The van der Waals surface area contributed by atoms with Gasteiger partial charge < -0.3 is 4.74 Å². The van der Waals surface area contributed by atoms with Gasteiger partial charge in [0, 0.05) is 5.57 Å². The standard InChI is InChI=1S/C7H12O2.O.Zn/c1-4-5-9-7(8)6(2)3;;/h2,4-5H2,1,3H3;;. The normalized spacial score (nSPS) is 7.64. The summed E-state index contributed by atoms with van der Waals surface area (Å²) in [5.41, 5.74) is 0.462. The molecule has 11 heavy (non-hydrogen) atoms. The van der Waals surface area contributed by atoms with E-state index in [0.29, 0.717) is 12.2 Å². The van der Waals surface area contributed by atoms with Crippen LogP contribution in [0.5, 0.6) is 0 Å². The third kappa shape index (κ3) is 9.63. The van der Waals surface area contributed by atoms with Gasteiger partial charge in [-0.05, 0) is 13.3 Å². The Bertz CT molecular complexity index is 134. The van der Waals surface area contributed by atoms with Crippen LogP contribution in [0.3, 0.4) is 0 Å². The van der Waals surface area contributed by atoms with Crippen LogP contribution >= 0.6 is 0 Å². The molecule has 0 aliphatic carbocycles. The van der Waals surface area contributed by atoms with E-state index in [9.17, 15) is 4.79 Å². The van der Waals surface area contributed by atoms with E-state index >= 15 is 0 Å². The van der Waals surface area contributed by atoms with E-state index in [2.05, 4.69) is 6.58 Å². The Labute approximate surface area is 76.8 Å². The Morgan fingerprint density at radius 2 is 2.00 bits per heavy atom. The number of ether oxygens (including phenoxy) is 1. The van der Waals surface area contributed by atoms with Crippen molar-refractivity contribution >= 4 is 5.97 Å². The second-order valence-corrected chi connectivity index (χ2v) is 1.92. The average Bonchev–Trinajstić information content (AvgIpc) is 2.03. The fraction of sp³-hybridized carbons (Fsp3) is 0.571. The first kappa shape index (κ1) is 13.2. The van der Waals surface area contributed by atoms with Crippen molar-refractivity contribution < 1.29 is 31.4 Å². The molecule has 0 fully saturated rings. The molecule has 0 saturated heterocycles. The molecule has 0 heterocycles. The van der Waals surface area contributed by atoms with E-state index < -0.39 is 0 Å². The van der Waals surface area contributed by atoms with Crippen LogP contribution in [0.25, 0.3) is 0 Å². The quantitative estimate of drug-likeness (QED) is 0.401. The maximum absolute atomic E-state index is 10.6. The minimum absolute atomic E-state index is 0.125. The summed E-state index contributed by atoms with van der Waals surface area (Å²) < 4.78 is 13.1. The molecule has 0 amide bonds. The summed E-state index contributed by atoms with van der Waals surface area (Å²) in [6.07, 6.45) is 0.860. The molecule has 0 aliphatic heterocycles. The molecule has 0 N–H and O–H groups in total. The van der Waals surface area contributed by atoms with Crippen molar-refractivity contribution in [2.24, 2.45) is 0 Å². The number of rotatable bonds is 3. The number of carbonyl (C=O) groups is 1. The van der Waals surface area contributed by atoms with Crippen molar-refractivity contribution in [2.75, 3.05) is 6.61 Å². The van der Waals surface area contributed by atoms with Gasteiger partial charge in [0.2, 0.25) is 0 Å². The van der Waals surface area contributed by atoms with Gasteiger partial charge in [0.15, 0.2) is 0 Å². The number of esters is 1. The fourth-order valence-electron chi connectivity index (χ4n) is 0.318. The van der Waals surface area contributed by atoms with Crippen LogP contribution in [0, 0.1) is 0 Å². The Hall–Kier alpha value is -0.367. The Morgan fingerprint density at radius 3 is 2.27 bits per heavy atom. The van der Waals surface area contributed by atoms with Gasteiger partial charge in [0.1, 0.15) is 0 Å². The van der Waals surface area contributed by atoms with Crippen molar-refractivity contribution in [1.82, 2.24) is 0 Å². The summed E-state index contributed by atoms with van der Waals surface area (Å²) in [7, 11) is 0. The molecule has 0 aromatic carbocycles. The van der Waals surface area contributed by atoms with E-state index in [1.165, 1.54) is 0 Å². The number of carbonyl (C=O) groups excluding carboxylic acids is 1. The van der Waals surface area contributed by atoms with Crippen LogP contribution in [0.4, 0.5) is 0 Å². The maximum atomic E-state index is 10.6. The van der Waals surface area contributed by atoms with Gasteiger partial charge in [-0.1, -0.05) is 13.5 Å². The summed E-state index contributed by atoms with van der Waals surface area (Å²) in [4.78, 5) is 10.6. The zero-order valence-electron chi connectivity index (χ0n) is 7.05. The zero-order chi connectivity index (χ0) is 9.28. The van der Waals surface area contributed by atoms with Gasteiger partial charge in [-0.2, -0.15) is 0 Å². The predicted octanol–water partition coefficient (Wildman–Crippen LogP) is 1.39. The molecule has 0 aliphatic rings. The topological polar surface area (TPSA) is 43.4 Å². The Kier molecular flexibility index (Phi) is 11.6. The second kappa shape index (κ2) is 9.63. The number of hydrogen-bond donors (Lipinski definition) is 0. The molecule has 0 atom stereocenters. The van der Waals surface area contributed by atoms with Gasteiger partial charge in [0.05, 0.1) is 6.61 Å². The van der Waals surface area contributed by atoms with Gasteiger partial charge in [-0.25, -0.2) is 4.79 Å². The first-order valence-electron chi connectivity index (χ1n) is 3.30. The van der Waals surface area contributed by atoms with Crippen LogP contribution in [0.1, 0.15) is 20.3 Å². The minimum atomic E-state index is -0.295. The fourth-order valence-corrected chi connectivity index (χ4v) is 0.318. The van der Waals surface area contributed by atoms with E-state index in [0.717, 1.165) is 6.42 Å². The first-order valence-corrected chi connectivity index (χ1v) is 4.51. The molecule has 60 valence electrons. The molecular formula is C7H12O3Zn. The summed E-state index contributed by atoms with van der Waals surface area (Å²) in [5, 5.41) is 0. The molecular weight excluding hydrogens is 197 g/mol. The molecule has 0 aromatic rings. The summed E-state index contributed by atoms with van der Waals surface area (Å²) in [6, 6.07) is 0. The van der Waals surface area contributed by atoms with Crippen molar-refractivity contribution in [3.05, 3.63) is 12.2 Å². The molecule has 4 heteroatoms. The third-order valence-electron chi connectivity index (χ3n) is 0.786. The van der Waals surface area contributed by atoms with E-state index in [1.807, 2.05) is 6.92 Å². The second-order valence-electron chi connectivity index (χ2n) is 1.92. The van der Waals surface area contributed by atoms with Gasteiger partial charge in [-0.15, -0.1) is 0 Å². The van der Waals surface area contributed by atoms with Crippen LogP contribution in [0.2, 0.25) is 0 Å². The van der Waals surface area contributed by atoms with Crippen molar-refractivity contribution in [1.29, 1.82) is 0 Å². The first-order chi connectivity index (χ1) is 5.18. The molecule has 0 spiro atoms. The summed E-state index contributed by atoms with van der Waals surface area (Å²) >= 11 is 0.125. The molecule has 3 nitrogen and oxygen atoms in total. The third-order valence-corrected chi connectivity index (χ3v) is 0.786. The van der Waals surface area contributed by atoms with Crippen molar-refractivity contribution in [2.45, 2.75) is 20.3 Å². The van der Waals surface area contributed by atoms with Crippen LogP contribution in [-0.4, -0.2) is 12.6 Å². The van der Waals surface area contributed by atoms with E-state index in [-0.39, 0.29) is 24.2 Å². The van der Waals surface area contributed by atoms with E-state index in [1.54, 1.807) is 6.92 Å². The van der Waals surface area contributed by atoms with Crippen molar-refractivity contribution in [3.8, 4) is 0 Å². The Morgan fingerprint density at radius 1 is 1.55 bits per heavy atom.